The number of hydrogen-bond acceptors (Lipinski definition) is 2. The van der Waals surface area contributed by atoms with Crippen molar-refractivity contribution in [2.45, 2.75) is 13.8 Å². The van der Waals surface area contributed by atoms with Gasteiger partial charge in [-0.1, -0.05) is 35.4 Å². The minimum absolute atomic E-state index is 0. The van der Waals surface area contributed by atoms with Crippen LogP contribution in [0.15, 0.2) is 48.5 Å². The van der Waals surface area contributed by atoms with E-state index in [0.29, 0.717) is 11.1 Å². The quantitative estimate of drug-likeness (QED) is 0.885. The van der Waals surface area contributed by atoms with Gasteiger partial charge in [0.25, 0.3) is 0 Å². The molecule has 0 aliphatic rings. The van der Waals surface area contributed by atoms with Crippen LogP contribution in [0.5, 0.6) is 0 Å². The molecule has 0 aliphatic carbocycles. The fourth-order valence-corrected chi connectivity index (χ4v) is 1.56. The molecule has 2 N–H and O–H groups in total. The Labute approximate surface area is 133 Å². The second kappa shape index (κ2) is 8.94. The molecule has 0 unspecified atom stereocenters. The average molecular weight is 331 g/mol. The molecular formula is C16H16CoO4. The first-order valence-corrected chi connectivity index (χ1v) is 6.00. The smallest absolute Gasteiger partial charge is 0.335 e. The van der Waals surface area contributed by atoms with E-state index in [1.54, 1.807) is 36.4 Å². The van der Waals surface area contributed by atoms with E-state index in [4.69, 9.17) is 10.2 Å². The molecule has 2 aromatic rings. The van der Waals surface area contributed by atoms with E-state index in [-0.39, 0.29) is 16.8 Å². The van der Waals surface area contributed by atoms with Crippen LogP contribution in [0.2, 0.25) is 0 Å². The predicted octanol–water partition coefficient (Wildman–Crippen LogP) is 3.38. The van der Waals surface area contributed by atoms with Crippen molar-refractivity contribution in [3.63, 3.8) is 0 Å². The topological polar surface area (TPSA) is 74.6 Å². The van der Waals surface area contributed by atoms with Gasteiger partial charge in [0, 0.05) is 16.8 Å². The van der Waals surface area contributed by atoms with E-state index in [1.807, 2.05) is 26.0 Å². The third kappa shape index (κ3) is 6.74. The molecule has 113 valence electrons. The van der Waals surface area contributed by atoms with Crippen molar-refractivity contribution in [3.05, 3.63) is 70.8 Å². The molecule has 2 aromatic carbocycles. The summed E-state index contributed by atoms with van der Waals surface area (Å²) >= 11 is 0. The minimum atomic E-state index is -0.872. The molecule has 0 saturated heterocycles. The molecule has 5 heteroatoms. The molecule has 0 fully saturated rings. The molecule has 4 nitrogen and oxygen atoms in total. The van der Waals surface area contributed by atoms with Crippen LogP contribution in [0.3, 0.4) is 0 Å². The number of carboxylic acid groups (broad SMARTS) is 2. The minimum Gasteiger partial charge on any atom is -0.478 e. The molecule has 1 radical (unpaired) electrons. The molecule has 0 aromatic heterocycles. The molecule has 0 bridgehead atoms. The molecule has 0 spiro atoms. The molecule has 0 saturated carbocycles. The number of carboxylic acids is 2. The van der Waals surface area contributed by atoms with Crippen LogP contribution in [0.1, 0.15) is 31.8 Å². The van der Waals surface area contributed by atoms with Gasteiger partial charge in [-0.3, -0.25) is 0 Å². The molecule has 21 heavy (non-hydrogen) atoms. The van der Waals surface area contributed by atoms with E-state index < -0.39 is 11.9 Å². The Bertz CT molecular complexity index is 568. The Morgan fingerprint density at radius 2 is 1.10 bits per heavy atom. The first kappa shape index (κ1) is 18.9. The van der Waals surface area contributed by atoms with Crippen LogP contribution in [0.25, 0.3) is 0 Å². The third-order valence-electron chi connectivity index (χ3n) is 2.53. The first-order chi connectivity index (χ1) is 9.40. The van der Waals surface area contributed by atoms with E-state index in [0.717, 1.165) is 11.1 Å². The van der Waals surface area contributed by atoms with Crippen molar-refractivity contribution in [2.24, 2.45) is 0 Å². The van der Waals surface area contributed by atoms with Crippen LogP contribution in [-0.2, 0) is 16.8 Å². The first-order valence-electron chi connectivity index (χ1n) is 6.00. The molecule has 0 heterocycles. The number of aromatic carboxylic acids is 2. The van der Waals surface area contributed by atoms with Crippen LogP contribution in [0, 0.1) is 13.8 Å². The second-order valence-corrected chi connectivity index (χ2v) is 4.35. The maximum Gasteiger partial charge on any atom is 0.335 e. The fraction of sp³-hybridized carbons (Fsp3) is 0.125. The number of hydrogen-bond donors (Lipinski definition) is 2. The number of carbonyl (C=O) groups is 2. The van der Waals surface area contributed by atoms with Gasteiger partial charge in [0.15, 0.2) is 0 Å². The Morgan fingerprint density at radius 3 is 1.29 bits per heavy atom. The van der Waals surface area contributed by atoms with Crippen molar-refractivity contribution in [1.82, 2.24) is 0 Å². The van der Waals surface area contributed by atoms with E-state index in [2.05, 4.69) is 0 Å². The zero-order chi connectivity index (χ0) is 15.1. The molecular weight excluding hydrogens is 315 g/mol. The summed E-state index contributed by atoms with van der Waals surface area (Å²) < 4.78 is 0. The monoisotopic (exact) mass is 331 g/mol. The molecule has 0 amide bonds. The van der Waals surface area contributed by atoms with Gasteiger partial charge in [-0.05, 0) is 38.1 Å². The van der Waals surface area contributed by atoms with Crippen LogP contribution in [-0.4, -0.2) is 22.2 Å². The van der Waals surface area contributed by atoms with Crippen LogP contribution in [0.4, 0.5) is 0 Å². The summed E-state index contributed by atoms with van der Waals surface area (Å²) in [5.41, 5.74) is 2.64. The van der Waals surface area contributed by atoms with E-state index >= 15 is 0 Å². The van der Waals surface area contributed by atoms with E-state index in [1.165, 1.54) is 0 Å². The molecule has 0 aliphatic heterocycles. The zero-order valence-electron chi connectivity index (χ0n) is 11.7. The van der Waals surface area contributed by atoms with Gasteiger partial charge in [0.1, 0.15) is 0 Å². The third-order valence-corrected chi connectivity index (χ3v) is 2.53. The summed E-state index contributed by atoms with van der Waals surface area (Å²) in [4.78, 5) is 20.7. The summed E-state index contributed by atoms with van der Waals surface area (Å²) in [5.74, 6) is -1.74. The van der Waals surface area contributed by atoms with Crippen molar-refractivity contribution in [1.29, 1.82) is 0 Å². The summed E-state index contributed by atoms with van der Waals surface area (Å²) in [6.45, 7) is 3.74. The maximum atomic E-state index is 10.4. The second-order valence-electron chi connectivity index (χ2n) is 4.35. The van der Waals surface area contributed by atoms with Gasteiger partial charge in [-0.15, -0.1) is 0 Å². The maximum absolute atomic E-state index is 10.4. The summed E-state index contributed by atoms with van der Waals surface area (Å²) in [5, 5.41) is 17.0. The number of aryl methyl sites for hydroxylation is 2. The molecule has 2 rings (SSSR count). The van der Waals surface area contributed by atoms with Gasteiger partial charge in [0.05, 0.1) is 11.1 Å². The normalized spacial score (nSPS) is 8.86. The van der Waals surface area contributed by atoms with Gasteiger partial charge in [0.2, 0.25) is 0 Å². The van der Waals surface area contributed by atoms with Crippen molar-refractivity contribution in [3.8, 4) is 0 Å². The number of rotatable bonds is 2. The molecule has 0 atom stereocenters. The Hall–Kier alpha value is -2.11. The largest absolute Gasteiger partial charge is 0.478 e. The Balaban J connectivity index is 0.000000364. The summed E-state index contributed by atoms with van der Waals surface area (Å²) in [7, 11) is 0. The summed E-state index contributed by atoms with van der Waals surface area (Å²) in [6, 6.07) is 13.6. The van der Waals surface area contributed by atoms with Crippen molar-refractivity contribution >= 4 is 11.9 Å². The van der Waals surface area contributed by atoms with Crippen molar-refractivity contribution in [2.75, 3.05) is 0 Å². The number of benzene rings is 2. The Kier molecular flexibility index (Phi) is 8.04. The van der Waals surface area contributed by atoms with Crippen molar-refractivity contribution < 1.29 is 36.6 Å². The fourth-order valence-electron chi connectivity index (χ4n) is 1.56. The van der Waals surface area contributed by atoms with E-state index in [9.17, 15) is 9.59 Å². The van der Waals surface area contributed by atoms with Gasteiger partial charge >= 0.3 is 11.9 Å². The van der Waals surface area contributed by atoms with Gasteiger partial charge in [-0.2, -0.15) is 0 Å². The SMILES string of the molecule is Cc1cccc(C(=O)O)c1.Cc1cccc(C(=O)O)c1.[Co]. The zero-order valence-corrected chi connectivity index (χ0v) is 12.7. The average Bonchev–Trinajstić information content (AvgIpc) is 2.39. The standard InChI is InChI=1S/2C8H8O2.Co/c2*1-6-3-2-4-7(5-6)8(9)10;/h2*2-5H,1H3,(H,9,10);. The van der Waals surface area contributed by atoms with Gasteiger partial charge < -0.3 is 10.2 Å². The van der Waals surface area contributed by atoms with Crippen LogP contribution >= 0.6 is 0 Å². The summed E-state index contributed by atoms with van der Waals surface area (Å²) in [6.07, 6.45) is 0. The van der Waals surface area contributed by atoms with Gasteiger partial charge in [-0.25, -0.2) is 9.59 Å². The predicted molar refractivity (Wildman–Crippen MR) is 76.3 cm³/mol. The Morgan fingerprint density at radius 1 is 0.762 bits per heavy atom. The van der Waals surface area contributed by atoms with Crippen LogP contribution < -0.4 is 0 Å².